The second kappa shape index (κ2) is 7.04. The summed E-state index contributed by atoms with van der Waals surface area (Å²) in [6.45, 7) is 5.90. The molecule has 2 heterocycles. The number of nitrogens with one attached hydrogen (secondary N) is 1. The maximum absolute atomic E-state index is 13.3. The fourth-order valence-electron chi connectivity index (χ4n) is 3.59. The lowest BCUT2D eigenvalue weighted by Gasteiger charge is -2.36. The zero-order chi connectivity index (χ0) is 19.0. The first-order valence-corrected chi connectivity index (χ1v) is 9.04. The lowest BCUT2D eigenvalue weighted by molar-refractivity contribution is -0.00521. The first-order valence-electron chi connectivity index (χ1n) is 9.04. The highest BCUT2D eigenvalue weighted by Gasteiger charge is 2.22. The summed E-state index contributed by atoms with van der Waals surface area (Å²) in [5.41, 5.74) is 3.01. The number of aromatic amines is 1. The number of aliphatic imine (C=N–C) groups is 1. The summed E-state index contributed by atoms with van der Waals surface area (Å²) >= 11 is 0. The molecule has 2 aromatic carbocycles. The number of fused-ring (bicyclic) bond motifs is 1. The van der Waals surface area contributed by atoms with Gasteiger partial charge in [0.15, 0.2) is 5.88 Å². The first kappa shape index (κ1) is 17.5. The van der Waals surface area contributed by atoms with E-state index in [0.717, 1.165) is 29.9 Å². The number of ether oxygens (including phenoxy) is 1. The topological polar surface area (TPSA) is 60.8 Å². The highest BCUT2D eigenvalue weighted by molar-refractivity contribution is 6.02. The Balaban J connectivity index is 1.54. The van der Waals surface area contributed by atoms with Crippen LogP contribution in [0.15, 0.2) is 47.5 Å². The van der Waals surface area contributed by atoms with E-state index in [1.54, 1.807) is 12.3 Å². The summed E-state index contributed by atoms with van der Waals surface area (Å²) in [4.78, 5) is 9.54. The van der Waals surface area contributed by atoms with Crippen molar-refractivity contribution in [2.45, 2.75) is 26.1 Å². The predicted molar refractivity (Wildman–Crippen MR) is 106 cm³/mol. The van der Waals surface area contributed by atoms with Crippen LogP contribution in [0.5, 0.6) is 5.88 Å². The van der Waals surface area contributed by atoms with Crippen LogP contribution in [0.4, 0.5) is 15.8 Å². The summed E-state index contributed by atoms with van der Waals surface area (Å²) < 4.78 is 19.1. The van der Waals surface area contributed by atoms with Crippen molar-refractivity contribution in [1.82, 2.24) is 4.98 Å². The van der Waals surface area contributed by atoms with Crippen molar-refractivity contribution < 1.29 is 14.2 Å². The van der Waals surface area contributed by atoms with Gasteiger partial charge in [0, 0.05) is 30.4 Å². The molecule has 6 heteroatoms. The standard InChI is InChI=1S/C21H22FN3O2/c1-13-11-25(12-14(2)27-13)17-6-4-16(5-7-17)23-10-19-18-8-3-15(22)9-20(18)24-21(19)26/h3-10,13-14,24,26H,11-12H2,1-2H3. The molecule has 0 radical (unpaired) electrons. The number of morpholine rings is 1. The van der Waals surface area contributed by atoms with Crippen molar-refractivity contribution in [1.29, 1.82) is 0 Å². The maximum atomic E-state index is 13.3. The molecule has 2 atom stereocenters. The number of hydrogen-bond acceptors (Lipinski definition) is 4. The molecule has 1 saturated heterocycles. The molecule has 1 aliphatic heterocycles. The van der Waals surface area contributed by atoms with Gasteiger partial charge in [0.25, 0.3) is 0 Å². The smallest absolute Gasteiger partial charge is 0.198 e. The summed E-state index contributed by atoms with van der Waals surface area (Å²) in [6.07, 6.45) is 2.02. The second-order valence-electron chi connectivity index (χ2n) is 7.01. The molecule has 2 unspecified atom stereocenters. The van der Waals surface area contributed by atoms with Crippen LogP contribution in [0.1, 0.15) is 19.4 Å². The van der Waals surface area contributed by atoms with Gasteiger partial charge >= 0.3 is 0 Å². The Bertz CT molecular complexity index is 971. The fraction of sp³-hybridized carbons (Fsp3) is 0.286. The Hall–Kier alpha value is -2.86. The van der Waals surface area contributed by atoms with Gasteiger partial charge in [0.2, 0.25) is 0 Å². The number of rotatable bonds is 3. The van der Waals surface area contributed by atoms with Crippen LogP contribution in [-0.4, -0.2) is 41.6 Å². The SMILES string of the molecule is CC1CN(c2ccc(N=Cc3c(O)[nH]c4cc(F)ccc34)cc2)CC(C)O1. The van der Waals surface area contributed by atoms with E-state index in [9.17, 15) is 9.50 Å². The van der Waals surface area contributed by atoms with E-state index in [2.05, 4.69) is 28.7 Å². The minimum absolute atomic E-state index is 0.0211. The van der Waals surface area contributed by atoms with E-state index in [1.807, 2.05) is 24.3 Å². The number of anilines is 1. The molecule has 1 aliphatic rings. The quantitative estimate of drug-likeness (QED) is 0.676. The van der Waals surface area contributed by atoms with Crippen molar-refractivity contribution >= 4 is 28.5 Å². The molecular formula is C21H22FN3O2. The average molecular weight is 367 g/mol. The van der Waals surface area contributed by atoms with Gasteiger partial charge < -0.3 is 19.7 Å². The Morgan fingerprint density at radius 1 is 1.15 bits per heavy atom. The number of nitrogens with zero attached hydrogens (tertiary/aromatic N) is 2. The summed E-state index contributed by atoms with van der Waals surface area (Å²) in [5.74, 6) is -0.373. The van der Waals surface area contributed by atoms with Crippen LogP contribution in [0, 0.1) is 5.82 Å². The van der Waals surface area contributed by atoms with Crippen molar-refractivity contribution in [3.8, 4) is 5.88 Å². The zero-order valence-electron chi connectivity index (χ0n) is 15.3. The molecule has 5 nitrogen and oxygen atoms in total. The summed E-state index contributed by atoms with van der Waals surface area (Å²) in [5, 5.41) is 10.8. The van der Waals surface area contributed by atoms with Gasteiger partial charge in [-0.25, -0.2) is 4.39 Å². The normalized spacial score (nSPS) is 20.6. The monoisotopic (exact) mass is 367 g/mol. The first-order chi connectivity index (χ1) is 13.0. The third-order valence-corrected chi connectivity index (χ3v) is 4.76. The summed E-state index contributed by atoms with van der Waals surface area (Å²) in [6, 6.07) is 12.3. The minimum atomic E-state index is -0.352. The van der Waals surface area contributed by atoms with Crippen molar-refractivity contribution in [2.24, 2.45) is 4.99 Å². The van der Waals surface area contributed by atoms with Crippen molar-refractivity contribution in [3.63, 3.8) is 0 Å². The van der Waals surface area contributed by atoms with E-state index in [4.69, 9.17) is 4.74 Å². The van der Waals surface area contributed by atoms with E-state index in [1.165, 1.54) is 12.1 Å². The molecule has 0 saturated carbocycles. The van der Waals surface area contributed by atoms with Crippen molar-refractivity contribution in [2.75, 3.05) is 18.0 Å². The molecule has 1 aromatic heterocycles. The fourth-order valence-corrected chi connectivity index (χ4v) is 3.59. The summed E-state index contributed by atoms with van der Waals surface area (Å²) in [7, 11) is 0. The number of aromatic hydroxyl groups is 1. The van der Waals surface area contributed by atoms with E-state index < -0.39 is 0 Å². The molecule has 140 valence electrons. The highest BCUT2D eigenvalue weighted by atomic mass is 19.1. The highest BCUT2D eigenvalue weighted by Crippen LogP contribution is 2.28. The van der Waals surface area contributed by atoms with Crippen LogP contribution >= 0.6 is 0 Å². The van der Waals surface area contributed by atoms with Crippen LogP contribution in [0.25, 0.3) is 10.9 Å². The molecule has 0 aliphatic carbocycles. The van der Waals surface area contributed by atoms with Crippen LogP contribution in [0.2, 0.25) is 0 Å². The molecular weight excluding hydrogens is 345 g/mol. The van der Waals surface area contributed by atoms with Gasteiger partial charge in [-0.05, 0) is 56.3 Å². The molecule has 2 N–H and O–H groups in total. The van der Waals surface area contributed by atoms with Gasteiger partial charge in [0.05, 0.1) is 29.0 Å². The molecule has 4 rings (SSSR count). The molecule has 27 heavy (non-hydrogen) atoms. The third kappa shape index (κ3) is 3.66. The Morgan fingerprint density at radius 2 is 1.85 bits per heavy atom. The largest absolute Gasteiger partial charge is 0.494 e. The van der Waals surface area contributed by atoms with E-state index >= 15 is 0 Å². The van der Waals surface area contributed by atoms with Gasteiger partial charge in [-0.15, -0.1) is 0 Å². The maximum Gasteiger partial charge on any atom is 0.198 e. The van der Waals surface area contributed by atoms with E-state index in [0.29, 0.717) is 11.1 Å². The average Bonchev–Trinajstić information content (AvgIpc) is 2.93. The number of halogens is 1. The van der Waals surface area contributed by atoms with Gasteiger partial charge in [-0.3, -0.25) is 4.99 Å². The Kier molecular flexibility index (Phi) is 4.58. The molecule has 0 amide bonds. The lowest BCUT2D eigenvalue weighted by atomic mass is 10.1. The Labute approximate surface area is 157 Å². The van der Waals surface area contributed by atoms with Gasteiger partial charge in [0.1, 0.15) is 5.82 Å². The predicted octanol–water partition coefficient (Wildman–Crippen LogP) is 4.38. The molecule has 3 aromatic rings. The Morgan fingerprint density at radius 3 is 2.56 bits per heavy atom. The lowest BCUT2D eigenvalue weighted by Crippen LogP contribution is -2.45. The van der Waals surface area contributed by atoms with Crippen LogP contribution in [-0.2, 0) is 4.74 Å². The molecule has 0 bridgehead atoms. The van der Waals surface area contributed by atoms with Crippen LogP contribution in [0.3, 0.4) is 0 Å². The number of H-pyrrole nitrogens is 1. The zero-order valence-corrected chi connectivity index (χ0v) is 15.3. The number of benzene rings is 2. The van der Waals surface area contributed by atoms with E-state index in [-0.39, 0.29) is 23.9 Å². The number of hydrogen-bond donors (Lipinski definition) is 2. The van der Waals surface area contributed by atoms with Crippen LogP contribution < -0.4 is 4.90 Å². The molecule has 0 spiro atoms. The number of aromatic nitrogens is 1. The van der Waals surface area contributed by atoms with Crippen molar-refractivity contribution in [3.05, 3.63) is 53.8 Å². The minimum Gasteiger partial charge on any atom is -0.494 e. The molecule has 1 fully saturated rings. The third-order valence-electron chi connectivity index (χ3n) is 4.76. The second-order valence-corrected chi connectivity index (χ2v) is 7.01. The van der Waals surface area contributed by atoms with Gasteiger partial charge in [-0.1, -0.05) is 0 Å². The van der Waals surface area contributed by atoms with Gasteiger partial charge in [-0.2, -0.15) is 0 Å².